The number of amides is 1. The van der Waals surface area contributed by atoms with Gasteiger partial charge in [0, 0.05) is 38.3 Å². The topological polar surface area (TPSA) is 39.2 Å². The van der Waals surface area contributed by atoms with Gasteiger partial charge in [-0.1, -0.05) is 31.5 Å². The highest BCUT2D eigenvalue weighted by Gasteiger charge is 2.34. The van der Waals surface area contributed by atoms with Gasteiger partial charge in [-0.2, -0.15) is 5.10 Å². The van der Waals surface area contributed by atoms with E-state index in [1.165, 1.54) is 0 Å². The van der Waals surface area contributed by atoms with Crippen molar-refractivity contribution in [2.24, 2.45) is 5.10 Å². The lowest BCUT2D eigenvalue weighted by atomic mass is 10.1. The summed E-state index contributed by atoms with van der Waals surface area (Å²) in [6, 6.07) is 8.00. The number of nitrogens with zero attached hydrogens (tertiary/aromatic N) is 4. The standard InChI is InChI=1S/C17H24N4O/c1-3-4-9-21-15-8-6-5-7-14(15)16(17(21)22)18-20-12-10-19(2)11-13-20/h5-8H,3-4,9-13H2,1-2H3/b18-16-. The lowest BCUT2D eigenvalue weighted by molar-refractivity contribution is -0.112. The average molecular weight is 300 g/mol. The molecule has 0 N–H and O–H groups in total. The van der Waals surface area contributed by atoms with Gasteiger partial charge in [0.25, 0.3) is 5.91 Å². The van der Waals surface area contributed by atoms with Crippen LogP contribution in [0.5, 0.6) is 0 Å². The van der Waals surface area contributed by atoms with Crippen molar-refractivity contribution < 1.29 is 4.79 Å². The zero-order valence-electron chi connectivity index (χ0n) is 13.5. The highest BCUT2D eigenvalue weighted by atomic mass is 16.2. The number of carbonyl (C=O) groups excluding carboxylic acids is 1. The number of rotatable bonds is 4. The van der Waals surface area contributed by atoms with E-state index in [-0.39, 0.29) is 5.91 Å². The van der Waals surface area contributed by atoms with E-state index < -0.39 is 0 Å². The van der Waals surface area contributed by atoms with Gasteiger partial charge in [0.15, 0.2) is 5.71 Å². The number of para-hydroxylation sites is 1. The van der Waals surface area contributed by atoms with E-state index in [4.69, 9.17) is 0 Å². The normalized spacial score (nSPS) is 20.8. The molecule has 0 aromatic heterocycles. The molecule has 5 heteroatoms. The number of anilines is 1. The molecule has 2 heterocycles. The average Bonchev–Trinajstić information content (AvgIpc) is 2.80. The van der Waals surface area contributed by atoms with E-state index >= 15 is 0 Å². The van der Waals surface area contributed by atoms with E-state index in [9.17, 15) is 4.79 Å². The molecule has 1 saturated heterocycles. The first-order valence-corrected chi connectivity index (χ1v) is 8.14. The molecule has 118 valence electrons. The molecule has 1 aromatic carbocycles. The molecule has 22 heavy (non-hydrogen) atoms. The second-order valence-electron chi connectivity index (χ2n) is 6.03. The van der Waals surface area contributed by atoms with Crippen molar-refractivity contribution in [3.8, 4) is 0 Å². The quantitative estimate of drug-likeness (QED) is 0.851. The van der Waals surface area contributed by atoms with Gasteiger partial charge in [-0.15, -0.1) is 0 Å². The number of hydrogen-bond donors (Lipinski definition) is 0. The maximum absolute atomic E-state index is 12.8. The summed E-state index contributed by atoms with van der Waals surface area (Å²) >= 11 is 0. The second kappa shape index (κ2) is 6.48. The van der Waals surface area contributed by atoms with Crippen LogP contribution in [0.3, 0.4) is 0 Å². The summed E-state index contributed by atoms with van der Waals surface area (Å²) in [6.07, 6.45) is 2.10. The summed E-state index contributed by atoms with van der Waals surface area (Å²) < 4.78 is 0. The van der Waals surface area contributed by atoms with E-state index in [1.807, 2.05) is 34.2 Å². The van der Waals surface area contributed by atoms with Gasteiger partial charge in [0.1, 0.15) is 0 Å². The molecular formula is C17H24N4O. The van der Waals surface area contributed by atoms with Gasteiger partial charge >= 0.3 is 0 Å². The molecule has 3 rings (SSSR count). The van der Waals surface area contributed by atoms with Crippen LogP contribution in [0.25, 0.3) is 0 Å². The zero-order chi connectivity index (χ0) is 15.5. The van der Waals surface area contributed by atoms with Gasteiger partial charge in [0.05, 0.1) is 5.69 Å². The molecule has 0 atom stereocenters. The van der Waals surface area contributed by atoms with E-state index in [1.54, 1.807) is 0 Å². The van der Waals surface area contributed by atoms with E-state index in [2.05, 4.69) is 24.0 Å². The third kappa shape index (κ3) is 2.86. The molecule has 1 amide bonds. The highest BCUT2D eigenvalue weighted by molar-refractivity contribution is 6.54. The number of benzene rings is 1. The number of fused-ring (bicyclic) bond motifs is 1. The van der Waals surface area contributed by atoms with Crippen LogP contribution in [-0.4, -0.2) is 61.3 Å². The molecular weight excluding hydrogens is 276 g/mol. The fourth-order valence-corrected chi connectivity index (χ4v) is 2.93. The molecule has 1 aromatic rings. The Bertz CT molecular complexity index is 576. The number of likely N-dealkylation sites (N-methyl/N-ethyl adjacent to an activating group) is 1. The Hall–Kier alpha value is -1.88. The van der Waals surface area contributed by atoms with Gasteiger partial charge < -0.3 is 9.80 Å². The molecule has 0 aliphatic carbocycles. The lowest BCUT2D eigenvalue weighted by Crippen LogP contribution is -2.43. The van der Waals surface area contributed by atoms with Crippen molar-refractivity contribution >= 4 is 17.3 Å². The highest BCUT2D eigenvalue weighted by Crippen LogP contribution is 2.29. The molecule has 0 spiro atoms. The minimum atomic E-state index is 0.0496. The summed E-state index contributed by atoms with van der Waals surface area (Å²) in [4.78, 5) is 16.9. The Labute approximate surface area is 132 Å². The van der Waals surface area contributed by atoms with Crippen LogP contribution < -0.4 is 4.90 Å². The van der Waals surface area contributed by atoms with Crippen LogP contribution in [-0.2, 0) is 4.79 Å². The minimum Gasteiger partial charge on any atom is -0.306 e. The Kier molecular flexibility index (Phi) is 4.43. The maximum Gasteiger partial charge on any atom is 0.279 e. The Balaban J connectivity index is 1.86. The molecule has 0 radical (unpaired) electrons. The van der Waals surface area contributed by atoms with Crippen LogP contribution in [0.2, 0.25) is 0 Å². The summed E-state index contributed by atoms with van der Waals surface area (Å²) in [6.45, 7) is 6.66. The summed E-state index contributed by atoms with van der Waals surface area (Å²) in [5, 5.41) is 6.72. The molecule has 2 aliphatic rings. The van der Waals surface area contributed by atoms with Crippen molar-refractivity contribution in [1.82, 2.24) is 9.91 Å². The molecule has 0 bridgehead atoms. The van der Waals surface area contributed by atoms with E-state index in [0.717, 1.165) is 56.8 Å². The molecule has 0 saturated carbocycles. The first-order chi connectivity index (χ1) is 10.7. The fourth-order valence-electron chi connectivity index (χ4n) is 2.93. The van der Waals surface area contributed by atoms with Gasteiger partial charge in [0.2, 0.25) is 0 Å². The van der Waals surface area contributed by atoms with E-state index in [0.29, 0.717) is 5.71 Å². The van der Waals surface area contributed by atoms with Gasteiger partial charge in [-0.25, -0.2) is 0 Å². The predicted molar refractivity (Wildman–Crippen MR) is 89.3 cm³/mol. The fraction of sp³-hybridized carbons (Fsp3) is 0.529. The van der Waals surface area contributed by atoms with Crippen LogP contribution in [0, 0.1) is 0 Å². The van der Waals surface area contributed by atoms with Crippen molar-refractivity contribution in [2.75, 3.05) is 44.7 Å². The number of piperazine rings is 1. The molecule has 2 aliphatic heterocycles. The third-order valence-electron chi connectivity index (χ3n) is 4.35. The number of unbranched alkanes of at least 4 members (excludes halogenated alkanes) is 1. The van der Waals surface area contributed by atoms with Crippen LogP contribution in [0.15, 0.2) is 29.4 Å². The zero-order valence-corrected chi connectivity index (χ0v) is 13.5. The summed E-state index contributed by atoms with van der Waals surface area (Å²) in [5.74, 6) is 0.0496. The molecule has 0 unspecified atom stereocenters. The Morgan fingerprint density at radius 1 is 1.14 bits per heavy atom. The van der Waals surface area contributed by atoms with Gasteiger partial charge in [-0.3, -0.25) is 9.80 Å². The molecule has 5 nitrogen and oxygen atoms in total. The Morgan fingerprint density at radius 2 is 1.86 bits per heavy atom. The van der Waals surface area contributed by atoms with Crippen molar-refractivity contribution in [3.63, 3.8) is 0 Å². The van der Waals surface area contributed by atoms with Crippen molar-refractivity contribution in [1.29, 1.82) is 0 Å². The summed E-state index contributed by atoms with van der Waals surface area (Å²) in [7, 11) is 2.12. The maximum atomic E-state index is 12.8. The largest absolute Gasteiger partial charge is 0.306 e. The van der Waals surface area contributed by atoms with Crippen LogP contribution in [0.1, 0.15) is 25.3 Å². The number of hydrazone groups is 1. The molecule has 1 fully saturated rings. The first-order valence-electron chi connectivity index (χ1n) is 8.14. The minimum absolute atomic E-state index is 0.0496. The first kappa shape index (κ1) is 15.0. The monoisotopic (exact) mass is 300 g/mol. The number of hydrogen-bond acceptors (Lipinski definition) is 4. The van der Waals surface area contributed by atoms with Gasteiger partial charge in [-0.05, 0) is 19.5 Å². The van der Waals surface area contributed by atoms with Crippen LogP contribution in [0.4, 0.5) is 5.69 Å². The Morgan fingerprint density at radius 3 is 2.59 bits per heavy atom. The third-order valence-corrected chi connectivity index (χ3v) is 4.35. The summed E-state index contributed by atoms with van der Waals surface area (Å²) in [5.41, 5.74) is 2.59. The van der Waals surface area contributed by atoms with Crippen molar-refractivity contribution in [2.45, 2.75) is 19.8 Å². The second-order valence-corrected chi connectivity index (χ2v) is 6.03. The SMILES string of the molecule is CCCCN1C(=O)/C(=N\N2CCN(C)CC2)c2ccccc21. The number of carbonyl (C=O) groups is 1. The van der Waals surface area contributed by atoms with Crippen LogP contribution >= 0.6 is 0 Å². The lowest BCUT2D eigenvalue weighted by Gasteiger charge is -2.30. The predicted octanol–water partition coefficient (Wildman–Crippen LogP) is 1.78. The smallest absolute Gasteiger partial charge is 0.279 e. The van der Waals surface area contributed by atoms with Crippen molar-refractivity contribution in [3.05, 3.63) is 29.8 Å².